The number of hydrogen-bond acceptors (Lipinski definition) is 4. The molecule has 0 radical (unpaired) electrons. The second-order valence-corrected chi connectivity index (χ2v) is 6.21. The minimum atomic E-state index is -0.782. The first-order chi connectivity index (χ1) is 11.7. The van der Waals surface area contributed by atoms with E-state index in [1.165, 1.54) is 44.9 Å². The van der Waals surface area contributed by atoms with Crippen LogP contribution in [0.5, 0.6) is 0 Å². The number of rotatable bonds is 18. The topological polar surface area (TPSA) is 84.9 Å². The van der Waals surface area contributed by atoms with Gasteiger partial charge in [-0.3, -0.25) is 9.59 Å². The minimum absolute atomic E-state index is 0.163. The number of carbonyl (C=O) groups is 2. The van der Waals surface area contributed by atoms with Crippen molar-refractivity contribution in [3.8, 4) is 0 Å². The van der Waals surface area contributed by atoms with Crippen molar-refractivity contribution in [2.45, 2.75) is 96.8 Å². The van der Waals surface area contributed by atoms with Crippen molar-refractivity contribution < 1.29 is 24.6 Å². The standard InChI is InChI=1S/C18H35NO5/c1-2-3-4-5-6-7-8-9-11-14-17(20)19-24-23-16-13-10-12-15-18(21)22/h2-16H2,1H3,(H,19,20)(H,21,22). The van der Waals surface area contributed by atoms with Crippen LogP contribution in [0.25, 0.3) is 0 Å². The zero-order valence-electron chi connectivity index (χ0n) is 15.2. The van der Waals surface area contributed by atoms with Gasteiger partial charge >= 0.3 is 5.97 Å². The van der Waals surface area contributed by atoms with Crippen LogP contribution < -0.4 is 5.48 Å². The molecule has 142 valence electrons. The van der Waals surface area contributed by atoms with Gasteiger partial charge in [0.1, 0.15) is 0 Å². The van der Waals surface area contributed by atoms with Gasteiger partial charge < -0.3 is 5.11 Å². The number of hydroxylamine groups is 1. The molecule has 0 aromatic heterocycles. The fourth-order valence-electron chi connectivity index (χ4n) is 2.38. The third-order valence-corrected chi connectivity index (χ3v) is 3.84. The molecule has 0 spiro atoms. The largest absolute Gasteiger partial charge is 0.481 e. The molecule has 24 heavy (non-hydrogen) atoms. The molecule has 0 rings (SSSR count). The van der Waals surface area contributed by atoms with E-state index in [1.54, 1.807) is 0 Å². The second kappa shape index (κ2) is 18.2. The first-order valence-corrected chi connectivity index (χ1v) is 9.46. The lowest BCUT2D eigenvalue weighted by Crippen LogP contribution is -2.23. The summed E-state index contributed by atoms with van der Waals surface area (Å²) in [4.78, 5) is 31.2. The van der Waals surface area contributed by atoms with Gasteiger partial charge in [-0.1, -0.05) is 64.7 Å². The number of carboxylic acid groups (broad SMARTS) is 1. The first kappa shape index (κ1) is 22.9. The van der Waals surface area contributed by atoms with E-state index in [4.69, 9.17) is 9.99 Å². The van der Waals surface area contributed by atoms with E-state index >= 15 is 0 Å². The van der Waals surface area contributed by atoms with Gasteiger partial charge in [0.2, 0.25) is 5.91 Å². The second-order valence-electron chi connectivity index (χ2n) is 6.21. The smallest absolute Gasteiger partial charge is 0.303 e. The van der Waals surface area contributed by atoms with Crippen LogP contribution in [0.15, 0.2) is 0 Å². The van der Waals surface area contributed by atoms with Gasteiger partial charge in [0.25, 0.3) is 0 Å². The molecular formula is C18H35NO5. The van der Waals surface area contributed by atoms with Crippen LogP contribution in [0, 0.1) is 0 Å². The van der Waals surface area contributed by atoms with Crippen LogP contribution in [0.3, 0.4) is 0 Å². The lowest BCUT2D eigenvalue weighted by Gasteiger charge is -2.05. The van der Waals surface area contributed by atoms with Crippen molar-refractivity contribution in [3.63, 3.8) is 0 Å². The van der Waals surface area contributed by atoms with Gasteiger partial charge in [-0.15, -0.1) is 4.99 Å². The predicted octanol–water partition coefficient (Wildman–Crippen LogP) is 4.53. The van der Waals surface area contributed by atoms with Crippen LogP contribution in [-0.4, -0.2) is 23.6 Å². The minimum Gasteiger partial charge on any atom is -0.481 e. The monoisotopic (exact) mass is 345 g/mol. The van der Waals surface area contributed by atoms with E-state index < -0.39 is 5.97 Å². The Balaban J connectivity index is 3.17. The van der Waals surface area contributed by atoms with Crippen LogP contribution >= 0.6 is 0 Å². The molecule has 6 heteroatoms. The van der Waals surface area contributed by atoms with Crippen molar-refractivity contribution in [1.29, 1.82) is 0 Å². The molecule has 0 fully saturated rings. The molecule has 0 saturated carbocycles. The Kier molecular flexibility index (Phi) is 17.3. The van der Waals surface area contributed by atoms with E-state index in [2.05, 4.69) is 17.4 Å². The molecule has 1 amide bonds. The number of hydrogen-bond donors (Lipinski definition) is 2. The summed E-state index contributed by atoms with van der Waals surface area (Å²) in [6.45, 7) is 2.57. The predicted molar refractivity (Wildman–Crippen MR) is 93.1 cm³/mol. The lowest BCUT2D eigenvalue weighted by molar-refractivity contribution is -0.329. The van der Waals surface area contributed by atoms with Gasteiger partial charge in [-0.25, -0.2) is 10.4 Å². The number of carboxylic acids is 1. The summed E-state index contributed by atoms with van der Waals surface area (Å²) in [6, 6.07) is 0. The molecule has 0 aromatic carbocycles. The maximum absolute atomic E-state index is 11.5. The molecule has 0 unspecified atom stereocenters. The molecule has 0 atom stereocenters. The Morgan fingerprint density at radius 1 is 0.792 bits per heavy atom. The van der Waals surface area contributed by atoms with Gasteiger partial charge in [0.05, 0.1) is 6.61 Å². The zero-order valence-corrected chi connectivity index (χ0v) is 15.2. The number of carbonyl (C=O) groups excluding carboxylic acids is 1. The van der Waals surface area contributed by atoms with Crippen molar-refractivity contribution in [1.82, 2.24) is 5.48 Å². The van der Waals surface area contributed by atoms with Crippen molar-refractivity contribution in [3.05, 3.63) is 0 Å². The molecule has 6 nitrogen and oxygen atoms in total. The average molecular weight is 345 g/mol. The molecule has 0 aliphatic heterocycles. The molecule has 2 N–H and O–H groups in total. The Hall–Kier alpha value is -1.14. The van der Waals surface area contributed by atoms with Crippen molar-refractivity contribution >= 4 is 11.9 Å². The van der Waals surface area contributed by atoms with E-state index in [-0.39, 0.29) is 12.3 Å². The fourth-order valence-corrected chi connectivity index (χ4v) is 2.38. The highest BCUT2D eigenvalue weighted by Crippen LogP contribution is 2.10. The molecule has 0 saturated heterocycles. The Morgan fingerprint density at radius 2 is 1.33 bits per heavy atom. The number of aliphatic carboxylic acids is 1. The number of nitrogens with one attached hydrogen (secondary N) is 1. The normalized spacial score (nSPS) is 10.7. The van der Waals surface area contributed by atoms with Crippen LogP contribution in [0.4, 0.5) is 0 Å². The molecule has 0 aliphatic carbocycles. The highest BCUT2D eigenvalue weighted by Gasteiger charge is 2.02. The molecular weight excluding hydrogens is 310 g/mol. The average Bonchev–Trinajstić information content (AvgIpc) is 2.55. The summed E-state index contributed by atoms with van der Waals surface area (Å²) in [5, 5.41) is 8.47. The Bertz CT molecular complexity index is 310. The van der Waals surface area contributed by atoms with E-state index in [0.717, 1.165) is 19.3 Å². The summed E-state index contributed by atoms with van der Waals surface area (Å²) in [5.41, 5.74) is 2.26. The maximum Gasteiger partial charge on any atom is 0.303 e. The van der Waals surface area contributed by atoms with Crippen LogP contribution in [0.2, 0.25) is 0 Å². The van der Waals surface area contributed by atoms with Gasteiger partial charge in [0.15, 0.2) is 0 Å². The van der Waals surface area contributed by atoms with E-state index in [0.29, 0.717) is 25.9 Å². The third kappa shape index (κ3) is 18.9. The quantitative estimate of drug-likeness (QED) is 0.216. The summed E-state index contributed by atoms with van der Waals surface area (Å²) in [6.07, 6.45) is 13.7. The summed E-state index contributed by atoms with van der Waals surface area (Å²) >= 11 is 0. The summed E-state index contributed by atoms with van der Waals surface area (Å²) in [7, 11) is 0. The zero-order chi connectivity index (χ0) is 17.9. The van der Waals surface area contributed by atoms with Crippen LogP contribution in [0.1, 0.15) is 96.8 Å². The lowest BCUT2D eigenvalue weighted by atomic mass is 10.1. The molecule has 0 bridgehead atoms. The molecule has 0 aliphatic rings. The third-order valence-electron chi connectivity index (χ3n) is 3.84. The highest BCUT2D eigenvalue weighted by atomic mass is 17.3. The van der Waals surface area contributed by atoms with Gasteiger partial charge in [-0.2, -0.15) is 0 Å². The van der Waals surface area contributed by atoms with Crippen LogP contribution in [-0.2, 0) is 19.5 Å². The number of unbranched alkanes of at least 4 members (excludes halogenated alkanes) is 10. The first-order valence-electron chi connectivity index (χ1n) is 9.46. The van der Waals surface area contributed by atoms with Crippen molar-refractivity contribution in [2.75, 3.05) is 6.61 Å². The molecule has 0 aromatic rings. The van der Waals surface area contributed by atoms with E-state index in [9.17, 15) is 9.59 Å². The maximum atomic E-state index is 11.5. The Morgan fingerprint density at radius 3 is 1.96 bits per heavy atom. The highest BCUT2D eigenvalue weighted by molar-refractivity contribution is 5.74. The summed E-state index contributed by atoms with van der Waals surface area (Å²) < 4.78 is 0. The van der Waals surface area contributed by atoms with Crippen molar-refractivity contribution in [2.24, 2.45) is 0 Å². The van der Waals surface area contributed by atoms with E-state index in [1.807, 2.05) is 0 Å². The molecule has 0 heterocycles. The SMILES string of the molecule is CCCCCCCCCCCC(=O)NOOCCCCCC(=O)O. The Labute approximate surface area is 146 Å². The fraction of sp³-hybridized carbons (Fsp3) is 0.889. The number of amides is 1. The van der Waals surface area contributed by atoms with Gasteiger partial charge in [0, 0.05) is 12.8 Å². The van der Waals surface area contributed by atoms with Gasteiger partial charge in [-0.05, 0) is 19.3 Å². The summed E-state index contributed by atoms with van der Waals surface area (Å²) in [5.74, 6) is -0.945.